The first kappa shape index (κ1) is 16.8. The van der Waals surface area contributed by atoms with E-state index in [1.165, 1.54) is 24.6 Å². The Morgan fingerprint density at radius 2 is 2.23 bits per heavy atom. The summed E-state index contributed by atoms with van der Waals surface area (Å²) in [7, 11) is 0. The maximum Gasteiger partial charge on any atom is 0.358 e. The zero-order chi connectivity index (χ0) is 18.1. The normalized spacial score (nSPS) is 15.3. The number of esters is 1. The molecule has 26 heavy (non-hydrogen) atoms. The molecule has 1 atom stereocenters. The van der Waals surface area contributed by atoms with Crippen molar-refractivity contribution in [3.63, 3.8) is 0 Å². The summed E-state index contributed by atoms with van der Waals surface area (Å²) < 4.78 is 6.90. The fourth-order valence-electron chi connectivity index (χ4n) is 3.07. The van der Waals surface area contributed by atoms with Gasteiger partial charge in [-0.15, -0.1) is 0 Å². The number of aliphatic hydroxyl groups excluding tert-OH is 1. The van der Waals surface area contributed by atoms with Gasteiger partial charge in [-0.25, -0.2) is 14.8 Å². The average molecular weight is 354 g/mol. The second kappa shape index (κ2) is 6.92. The molecule has 3 aromatic heterocycles. The van der Waals surface area contributed by atoms with Crippen molar-refractivity contribution in [2.45, 2.75) is 44.6 Å². The van der Waals surface area contributed by atoms with Gasteiger partial charge >= 0.3 is 5.97 Å². The molecule has 4 rings (SSSR count). The van der Waals surface area contributed by atoms with Crippen molar-refractivity contribution in [2.75, 3.05) is 6.61 Å². The number of fused-ring (bicyclic) bond motifs is 1. The molecule has 7 heteroatoms. The van der Waals surface area contributed by atoms with Gasteiger partial charge in [-0.05, 0) is 43.7 Å². The number of H-pyrrole nitrogens is 1. The molecular weight excluding hydrogens is 332 g/mol. The number of rotatable bonds is 7. The van der Waals surface area contributed by atoms with Crippen LogP contribution in [-0.4, -0.2) is 37.0 Å². The Morgan fingerprint density at radius 1 is 1.38 bits per heavy atom. The van der Waals surface area contributed by atoms with Crippen LogP contribution in [0.1, 0.15) is 65.8 Å². The van der Waals surface area contributed by atoms with Gasteiger partial charge in [-0.3, -0.25) is 0 Å². The number of nitrogens with zero attached hydrogens (tertiary/aromatic N) is 3. The van der Waals surface area contributed by atoms with Gasteiger partial charge in [0.05, 0.1) is 18.4 Å². The summed E-state index contributed by atoms with van der Waals surface area (Å²) in [5.74, 6) is 0.886. The quantitative estimate of drug-likeness (QED) is 0.637. The molecule has 7 nitrogen and oxygen atoms in total. The number of pyridine rings is 1. The Bertz CT molecular complexity index is 926. The molecule has 1 aliphatic rings. The van der Waals surface area contributed by atoms with E-state index in [2.05, 4.69) is 27.2 Å². The maximum atomic E-state index is 11.6. The molecule has 0 amide bonds. The Kier molecular flexibility index (Phi) is 4.46. The zero-order valence-electron chi connectivity index (χ0n) is 14.7. The predicted molar refractivity (Wildman–Crippen MR) is 95.0 cm³/mol. The summed E-state index contributed by atoms with van der Waals surface area (Å²) >= 11 is 0. The number of carbonyl (C=O) groups is 1. The number of nitrogens with one attached hydrogen (secondary N) is 1. The number of ether oxygens (including phenoxy) is 1. The summed E-state index contributed by atoms with van der Waals surface area (Å²) in [5, 5.41) is 10.5. The van der Waals surface area contributed by atoms with Crippen molar-refractivity contribution < 1.29 is 14.6 Å². The number of aromatic amines is 1. The van der Waals surface area contributed by atoms with E-state index < -0.39 is 12.1 Å². The van der Waals surface area contributed by atoms with Gasteiger partial charge < -0.3 is 19.2 Å². The van der Waals surface area contributed by atoms with E-state index >= 15 is 0 Å². The number of aryl methyl sites for hydroxylation is 1. The minimum atomic E-state index is -0.685. The first-order valence-electron chi connectivity index (χ1n) is 9.02. The first-order valence-corrected chi connectivity index (χ1v) is 9.02. The van der Waals surface area contributed by atoms with Gasteiger partial charge in [0, 0.05) is 25.0 Å². The SMILES string of the molecule is CCOC(=O)c1c[nH]c(CCC(O)c2cn3cc(C4CC4)ccc3n2)n1. The van der Waals surface area contributed by atoms with Crippen molar-refractivity contribution in [3.8, 4) is 0 Å². The highest BCUT2D eigenvalue weighted by Crippen LogP contribution is 2.39. The molecule has 0 bridgehead atoms. The van der Waals surface area contributed by atoms with Crippen LogP contribution in [0.25, 0.3) is 5.65 Å². The van der Waals surface area contributed by atoms with Crippen molar-refractivity contribution in [2.24, 2.45) is 0 Å². The standard InChI is InChI=1S/C19H22N4O3/c1-2-26-19(25)14-9-20-17(21-14)7-6-16(24)15-11-23-10-13(12-3-4-12)5-8-18(23)22-15/h5,8-12,16,24H,2-4,6-7H2,1H3,(H,20,21). The molecular formula is C19H22N4O3. The van der Waals surface area contributed by atoms with Gasteiger partial charge in [0.25, 0.3) is 0 Å². The molecule has 1 saturated carbocycles. The Morgan fingerprint density at radius 3 is 3.00 bits per heavy atom. The number of hydrogen-bond acceptors (Lipinski definition) is 5. The summed E-state index contributed by atoms with van der Waals surface area (Å²) in [6, 6.07) is 4.12. The zero-order valence-corrected chi connectivity index (χ0v) is 14.7. The topological polar surface area (TPSA) is 92.5 Å². The highest BCUT2D eigenvalue weighted by Gasteiger charge is 2.24. The van der Waals surface area contributed by atoms with E-state index in [0.29, 0.717) is 36.9 Å². The van der Waals surface area contributed by atoms with E-state index in [4.69, 9.17) is 4.74 Å². The second-order valence-corrected chi connectivity index (χ2v) is 6.68. The molecule has 1 aliphatic carbocycles. The number of aliphatic hydroxyl groups is 1. The van der Waals surface area contributed by atoms with Crippen LogP contribution in [0.5, 0.6) is 0 Å². The highest BCUT2D eigenvalue weighted by atomic mass is 16.5. The lowest BCUT2D eigenvalue weighted by Gasteiger charge is -2.05. The number of imidazole rings is 2. The third kappa shape index (κ3) is 3.48. The minimum absolute atomic E-state index is 0.261. The van der Waals surface area contributed by atoms with Crippen LogP contribution in [0.4, 0.5) is 0 Å². The molecule has 0 aromatic carbocycles. The largest absolute Gasteiger partial charge is 0.461 e. The molecule has 3 aromatic rings. The minimum Gasteiger partial charge on any atom is -0.461 e. The lowest BCUT2D eigenvalue weighted by molar-refractivity contribution is 0.0520. The molecule has 136 valence electrons. The number of aromatic nitrogens is 4. The predicted octanol–water partition coefficient (Wildman–Crippen LogP) is 2.78. The van der Waals surface area contributed by atoms with Crippen molar-refractivity contribution >= 4 is 11.6 Å². The summed E-state index contributed by atoms with van der Waals surface area (Å²) in [6.07, 6.45) is 8.34. The van der Waals surface area contributed by atoms with Gasteiger partial charge in [0.15, 0.2) is 5.69 Å². The van der Waals surface area contributed by atoms with Gasteiger partial charge in [0.1, 0.15) is 11.5 Å². The third-order valence-electron chi connectivity index (χ3n) is 4.65. The first-order chi connectivity index (χ1) is 12.6. The molecule has 1 unspecified atom stereocenters. The van der Waals surface area contributed by atoms with Crippen LogP contribution in [0.2, 0.25) is 0 Å². The van der Waals surface area contributed by atoms with E-state index in [9.17, 15) is 9.90 Å². The van der Waals surface area contributed by atoms with E-state index in [1.807, 2.05) is 16.7 Å². The fraction of sp³-hybridized carbons (Fsp3) is 0.421. The summed E-state index contributed by atoms with van der Waals surface area (Å²) in [4.78, 5) is 23.3. The molecule has 0 spiro atoms. The second-order valence-electron chi connectivity index (χ2n) is 6.68. The van der Waals surface area contributed by atoms with Crippen LogP contribution in [-0.2, 0) is 11.2 Å². The summed E-state index contributed by atoms with van der Waals surface area (Å²) in [5.41, 5.74) is 3.08. The Hall–Kier alpha value is -2.67. The monoisotopic (exact) mass is 354 g/mol. The molecule has 2 N–H and O–H groups in total. The highest BCUT2D eigenvalue weighted by molar-refractivity contribution is 5.86. The number of carbonyl (C=O) groups excluding carboxylic acids is 1. The van der Waals surface area contributed by atoms with Crippen LogP contribution < -0.4 is 0 Å². The number of hydrogen-bond donors (Lipinski definition) is 2. The molecule has 0 aliphatic heterocycles. The van der Waals surface area contributed by atoms with Crippen LogP contribution in [0.3, 0.4) is 0 Å². The lowest BCUT2D eigenvalue weighted by Crippen LogP contribution is -2.05. The third-order valence-corrected chi connectivity index (χ3v) is 4.65. The smallest absolute Gasteiger partial charge is 0.358 e. The lowest BCUT2D eigenvalue weighted by atomic mass is 10.1. The van der Waals surface area contributed by atoms with Gasteiger partial charge in [-0.1, -0.05) is 6.07 Å². The van der Waals surface area contributed by atoms with Crippen LogP contribution in [0.15, 0.2) is 30.7 Å². The van der Waals surface area contributed by atoms with Crippen LogP contribution >= 0.6 is 0 Å². The fourth-order valence-corrected chi connectivity index (χ4v) is 3.07. The van der Waals surface area contributed by atoms with E-state index in [0.717, 1.165) is 5.65 Å². The Labute approximate surface area is 151 Å². The summed E-state index contributed by atoms with van der Waals surface area (Å²) in [6.45, 7) is 2.07. The van der Waals surface area contributed by atoms with Gasteiger partial charge in [0.2, 0.25) is 0 Å². The van der Waals surface area contributed by atoms with E-state index in [1.54, 1.807) is 6.92 Å². The molecule has 1 fully saturated rings. The molecule has 0 saturated heterocycles. The van der Waals surface area contributed by atoms with Crippen LogP contribution in [0, 0.1) is 0 Å². The van der Waals surface area contributed by atoms with Crippen molar-refractivity contribution in [1.29, 1.82) is 0 Å². The molecule has 3 heterocycles. The van der Waals surface area contributed by atoms with Crippen molar-refractivity contribution in [1.82, 2.24) is 19.4 Å². The molecule has 0 radical (unpaired) electrons. The van der Waals surface area contributed by atoms with E-state index in [-0.39, 0.29) is 5.69 Å². The average Bonchev–Trinajstić information content (AvgIpc) is 3.23. The Balaban J connectivity index is 1.40. The van der Waals surface area contributed by atoms with Gasteiger partial charge in [-0.2, -0.15) is 0 Å². The maximum absolute atomic E-state index is 11.6. The van der Waals surface area contributed by atoms with Crippen molar-refractivity contribution in [3.05, 3.63) is 53.5 Å².